The Morgan fingerprint density at radius 2 is 2.00 bits per heavy atom. The summed E-state index contributed by atoms with van der Waals surface area (Å²) in [7, 11) is 3.98. The van der Waals surface area contributed by atoms with Crippen LogP contribution in [-0.2, 0) is 0 Å². The van der Waals surface area contributed by atoms with Crippen LogP contribution in [0.15, 0.2) is 24.4 Å². The molecule has 3 aromatic rings. The lowest BCUT2D eigenvalue weighted by molar-refractivity contribution is 0.0687. The molecular weight excluding hydrogens is 336 g/mol. The topological polar surface area (TPSA) is 119 Å². The van der Waals surface area contributed by atoms with E-state index in [-0.39, 0.29) is 11.1 Å². The third-order valence-electron chi connectivity index (χ3n) is 4.17. The molecule has 2 aromatic heterocycles. The number of carboxylic acid groups (broad SMARTS) is 2. The maximum Gasteiger partial charge on any atom is 0.337 e. The number of pyridine rings is 1. The molecule has 0 aliphatic heterocycles. The number of hydrogen-bond donors (Lipinski definition) is 4. The summed E-state index contributed by atoms with van der Waals surface area (Å²) < 4.78 is 0. The van der Waals surface area contributed by atoms with E-state index in [1.807, 2.05) is 14.1 Å². The van der Waals surface area contributed by atoms with Crippen LogP contribution in [0.2, 0.25) is 0 Å². The van der Waals surface area contributed by atoms with E-state index in [1.54, 1.807) is 6.07 Å². The molecule has 8 nitrogen and oxygen atoms in total. The molecule has 136 valence electrons. The minimum atomic E-state index is -1.05. The summed E-state index contributed by atoms with van der Waals surface area (Å²) in [6.45, 7) is 1.56. The fourth-order valence-electron chi connectivity index (χ4n) is 2.93. The number of fused-ring (bicyclic) bond motifs is 3. The van der Waals surface area contributed by atoms with Crippen molar-refractivity contribution in [3.8, 4) is 0 Å². The lowest BCUT2D eigenvalue weighted by atomic mass is 10.0. The van der Waals surface area contributed by atoms with Gasteiger partial charge in [-0.25, -0.2) is 14.6 Å². The fourth-order valence-corrected chi connectivity index (χ4v) is 2.93. The van der Waals surface area contributed by atoms with Crippen molar-refractivity contribution in [1.29, 1.82) is 0 Å². The quantitative estimate of drug-likeness (QED) is 0.480. The van der Waals surface area contributed by atoms with E-state index in [0.29, 0.717) is 34.2 Å². The number of benzene rings is 1. The fraction of sp³-hybridized carbons (Fsp3) is 0.278. The predicted molar refractivity (Wildman–Crippen MR) is 99.2 cm³/mol. The molecule has 0 atom stereocenters. The summed E-state index contributed by atoms with van der Waals surface area (Å²) >= 11 is 0. The van der Waals surface area contributed by atoms with Crippen LogP contribution in [-0.4, -0.2) is 64.2 Å². The van der Waals surface area contributed by atoms with Gasteiger partial charge in [-0.15, -0.1) is 0 Å². The van der Waals surface area contributed by atoms with Gasteiger partial charge in [0.05, 0.1) is 22.2 Å². The molecule has 3 rings (SSSR count). The van der Waals surface area contributed by atoms with Gasteiger partial charge in [0.1, 0.15) is 0 Å². The minimum absolute atomic E-state index is 0.107. The van der Waals surface area contributed by atoms with Crippen molar-refractivity contribution < 1.29 is 19.8 Å². The Morgan fingerprint density at radius 3 is 2.65 bits per heavy atom. The highest BCUT2D eigenvalue weighted by atomic mass is 16.4. The van der Waals surface area contributed by atoms with Crippen molar-refractivity contribution in [2.75, 3.05) is 32.5 Å². The van der Waals surface area contributed by atoms with Gasteiger partial charge in [0, 0.05) is 23.5 Å². The zero-order chi connectivity index (χ0) is 18.8. The van der Waals surface area contributed by atoms with Crippen LogP contribution in [0.3, 0.4) is 0 Å². The van der Waals surface area contributed by atoms with Gasteiger partial charge in [-0.2, -0.15) is 0 Å². The van der Waals surface area contributed by atoms with Crippen LogP contribution >= 0.6 is 0 Å². The summed E-state index contributed by atoms with van der Waals surface area (Å²) in [5.41, 5.74) is 1.28. The van der Waals surface area contributed by atoms with Gasteiger partial charge in [-0.3, -0.25) is 0 Å². The molecule has 0 bridgehead atoms. The van der Waals surface area contributed by atoms with Gasteiger partial charge >= 0.3 is 11.9 Å². The standard InChI is InChI=1S/C18H20N4O4/c1-22(2)7-3-6-19-16-15-14(12(9-20-15)18(25)26)11-5-4-10(17(23)24)8-13(11)21-16/h4-5,8-9,20H,3,6-7H2,1-2H3,(H,19,21)(H,23,24)(H,25,26). The molecule has 0 amide bonds. The molecule has 8 heteroatoms. The molecule has 4 N–H and O–H groups in total. The van der Waals surface area contributed by atoms with Crippen molar-refractivity contribution in [2.24, 2.45) is 0 Å². The third kappa shape index (κ3) is 3.31. The predicted octanol–water partition coefficient (Wildman–Crippen LogP) is 2.48. The second kappa shape index (κ2) is 7.01. The Kier molecular flexibility index (Phi) is 4.77. The normalized spacial score (nSPS) is 11.3. The van der Waals surface area contributed by atoms with Crippen LogP contribution in [0, 0.1) is 0 Å². The number of anilines is 1. The van der Waals surface area contributed by atoms with E-state index < -0.39 is 11.9 Å². The van der Waals surface area contributed by atoms with Crippen molar-refractivity contribution in [1.82, 2.24) is 14.9 Å². The average Bonchev–Trinajstić information content (AvgIpc) is 3.03. The first kappa shape index (κ1) is 17.7. The highest BCUT2D eigenvalue weighted by Crippen LogP contribution is 2.32. The van der Waals surface area contributed by atoms with Gasteiger partial charge < -0.3 is 25.4 Å². The van der Waals surface area contributed by atoms with Gasteiger partial charge in [-0.05, 0) is 39.2 Å². The molecule has 0 spiro atoms. The number of carboxylic acids is 2. The average molecular weight is 356 g/mol. The molecule has 0 saturated carbocycles. The first-order valence-corrected chi connectivity index (χ1v) is 8.18. The van der Waals surface area contributed by atoms with Gasteiger partial charge in [0.2, 0.25) is 0 Å². The molecule has 0 aliphatic rings. The Labute approximate surface area is 149 Å². The van der Waals surface area contributed by atoms with Gasteiger partial charge in [-0.1, -0.05) is 6.07 Å². The van der Waals surface area contributed by atoms with Crippen molar-refractivity contribution in [3.63, 3.8) is 0 Å². The smallest absolute Gasteiger partial charge is 0.337 e. The molecule has 2 heterocycles. The van der Waals surface area contributed by atoms with Crippen LogP contribution in [0.5, 0.6) is 0 Å². The molecule has 0 radical (unpaired) electrons. The number of nitrogens with one attached hydrogen (secondary N) is 2. The molecule has 0 saturated heterocycles. The van der Waals surface area contributed by atoms with E-state index in [0.717, 1.165) is 13.0 Å². The van der Waals surface area contributed by atoms with E-state index in [9.17, 15) is 19.8 Å². The highest BCUT2D eigenvalue weighted by molar-refractivity contribution is 6.18. The second-order valence-electron chi connectivity index (χ2n) is 6.34. The van der Waals surface area contributed by atoms with Crippen LogP contribution < -0.4 is 5.32 Å². The van der Waals surface area contributed by atoms with E-state index in [1.165, 1.54) is 18.3 Å². The summed E-state index contributed by atoms with van der Waals surface area (Å²) in [6.07, 6.45) is 2.32. The van der Waals surface area contributed by atoms with E-state index >= 15 is 0 Å². The van der Waals surface area contributed by atoms with E-state index in [2.05, 4.69) is 20.2 Å². The molecule has 0 fully saturated rings. The number of aromatic carboxylic acids is 2. The van der Waals surface area contributed by atoms with Crippen molar-refractivity contribution in [2.45, 2.75) is 6.42 Å². The van der Waals surface area contributed by atoms with Gasteiger partial charge in [0.25, 0.3) is 0 Å². The number of carbonyl (C=O) groups is 2. The minimum Gasteiger partial charge on any atom is -0.478 e. The number of aromatic nitrogens is 2. The van der Waals surface area contributed by atoms with Crippen LogP contribution in [0.1, 0.15) is 27.1 Å². The SMILES string of the molecule is CN(C)CCCNc1nc2cc(C(=O)O)ccc2c2c(C(=O)O)c[nH]c12. The number of aromatic amines is 1. The summed E-state index contributed by atoms with van der Waals surface area (Å²) in [5.74, 6) is -1.59. The Hall–Kier alpha value is -3.13. The maximum atomic E-state index is 11.6. The summed E-state index contributed by atoms with van der Waals surface area (Å²) in [5, 5.41) is 23.0. The highest BCUT2D eigenvalue weighted by Gasteiger charge is 2.18. The largest absolute Gasteiger partial charge is 0.478 e. The van der Waals surface area contributed by atoms with E-state index in [4.69, 9.17) is 0 Å². The molecular formula is C18H20N4O4. The van der Waals surface area contributed by atoms with Crippen LogP contribution in [0.4, 0.5) is 5.82 Å². The summed E-state index contributed by atoms with van der Waals surface area (Å²) in [4.78, 5) is 32.4. The van der Waals surface area contributed by atoms with Crippen LogP contribution in [0.25, 0.3) is 21.8 Å². The maximum absolute atomic E-state index is 11.6. The molecule has 0 unspecified atom stereocenters. The number of nitrogens with zero attached hydrogens (tertiary/aromatic N) is 2. The van der Waals surface area contributed by atoms with Crippen molar-refractivity contribution >= 4 is 39.6 Å². The van der Waals surface area contributed by atoms with Crippen molar-refractivity contribution in [3.05, 3.63) is 35.5 Å². The molecule has 1 aromatic carbocycles. The first-order valence-electron chi connectivity index (χ1n) is 8.18. The van der Waals surface area contributed by atoms with Gasteiger partial charge in [0.15, 0.2) is 5.82 Å². The number of H-pyrrole nitrogens is 1. The lowest BCUT2D eigenvalue weighted by Crippen LogP contribution is -2.16. The number of hydrogen-bond acceptors (Lipinski definition) is 5. The Bertz CT molecular complexity index is 994. The Morgan fingerprint density at radius 1 is 1.23 bits per heavy atom. The Balaban J connectivity index is 2.12. The molecule has 26 heavy (non-hydrogen) atoms. The lowest BCUT2D eigenvalue weighted by Gasteiger charge is -2.12. The first-order chi connectivity index (χ1) is 12.4. The zero-order valence-electron chi connectivity index (χ0n) is 14.5. The second-order valence-corrected chi connectivity index (χ2v) is 6.34. The zero-order valence-corrected chi connectivity index (χ0v) is 14.5. The monoisotopic (exact) mass is 356 g/mol. The number of rotatable bonds is 7. The third-order valence-corrected chi connectivity index (χ3v) is 4.17. The summed E-state index contributed by atoms with van der Waals surface area (Å²) in [6, 6.07) is 4.51. The molecule has 0 aliphatic carbocycles.